The Morgan fingerprint density at radius 1 is 0.889 bits per heavy atom. The van der Waals surface area contributed by atoms with Gasteiger partial charge in [0.25, 0.3) is 5.91 Å². The zero-order valence-corrected chi connectivity index (χ0v) is 48.7. The van der Waals surface area contributed by atoms with E-state index in [2.05, 4.69) is 47.6 Å². The number of carbonyl (C=O) groups excluding carboxylic acids is 4. The monoisotopic (exact) mass is 1150 g/mol. The van der Waals surface area contributed by atoms with Gasteiger partial charge in [-0.3, -0.25) is 24.5 Å². The Hall–Kier alpha value is -7.50. The number of hydrogen-bond acceptors (Lipinski definition) is 14. The van der Waals surface area contributed by atoms with Crippen LogP contribution in [0.25, 0.3) is 20.7 Å². The summed E-state index contributed by atoms with van der Waals surface area (Å²) in [5.74, 6) is 4.87. The molecule has 7 aromatic rings. The molecule has 16 nitrogen and oxygen atoms in total. The van der Waals surface area contributed by atoms with Gasteiger partial charge >= 0.3 is 5.97 Å². The summed E-state index contributed by atoms with van der Waals surface area (Å²) < 4.78 is 7.02. The number of nitrogens with zero attached hydrogens (tertiary/aromatic N) is 5. The molecule has 0 radical (unpaired) electrons. The summed E-state index contributed by atoms with van der Waals surface area (Å²) in [5, 5.41) is 30.9. The van der Waals surface area contributed by atoms with E-state index in [0.717, 1.165) is 67.9 Å². The quantitative estimate of drug-likeness (QED) is 0.0336. The SMILES string of the molecule is Cc1ncsc1-c1ccc([C@H](C)NC(=O)[C@@H]2C[C@@H](O)CN2C(=O)[C@@H](NC(=O)CCCCCCC#Cc2ccc(OCCCc3sc(N4CCc5cccc(C(=O)Nc6nc7ccccc7s6)c5C4)nc3C(=O)O)cc2)C(C)(C)C)cc1. The topological polar surface area (TPSA) is 216 Å². The van der Waals surface area contributed by atoms with Gasteiger partial charge in [-0.15, -0.1) is 22.7 Å². The fourth-order valence-corrected chi connectivity index (χ4v) is 13.0. The first-order chi connectivity index (χ1) is 39.0. The largest absolute Gasteiger partial charge is 0.494 e. The van der Waals surface area contributed by atoms with E-state index in [1.807, 2.05) is 131 Å². The molecule has 2 aliphatic heterocycles. The molecule has 4 atom stereocenters. The summed E-state index contributed by atoms with van der Waals surface area (Å²) in [4.78, 5) is 85.8. The fraction of sp³-hybridized carbons (Fsp3) is 0.387. The molecular formula is C62H68N8O8S3. The number of anilines is 2. The second-order valence-electron chi connectivity index (χ2n) is 21.7. The van der Waals surface area contributed by atoms with Gasteiger partial charge in [-0.25, -0.2) is 19.7 Å². The van der Waals surface area contributed by atoms with E-state index in [1.54, 1.807) is 11.3 Å². The third-order valence-electron chi connectivity index (χ3n) is 14.6. The molecule has 5 N–H and O–H groups in total. The molecule has 422 valence electrons. The second kappa shape index (κ2) is 26.4. The van der Waals surface area contributed by atoms with Crippen LogP contribution < -0.4 is 25.6 Å². The van der Waals surface area contributed by atoms with Crippen LogP contribution >= 0.6 is 34.0 Å². The molecule has 19 heteroatoms. The Morgan fingerprint density at radius 3 is 2.41 bits per heavy atom. The van der Waals surface area contributed by atoms with Gasteiger partial charge in [0.15, 0.2) is 16.0 Å². The molecule has 0 bridgehead atoms. The van der Waals surface area contributed by atoms with Crippen molar-refractivity contribution in [1.29, 1.82) is 0 Å². The van der Waals surface area contributed by atoms with Gasteiger partial charge in [-0.2, -0.15) is 0 Å². The third kappa shape index (κ3) is 14.7. The summed E-state index contributed by atoms with van der Waals surface area (Å²) in [6, 6.07) is 26.9. The molecule has 81 heavy (non-hydrogen) atoms. The maximum Gasteiger partial charge on any atom is 0.355 e. The van der Waals surface area contributed by atoms with Crippen LogP contribution in [0.4, 0.5) is 10.3 Å². The fourth-order valence-electron chi connectivity index (χ4n) is 10.2. The number of carboxylic acid groups (broad SMARTS) is 1. The molecular weight excluding hydrogens is 1080 g/mol. The van der Waals surface area contributed by atoms with Crippen molar-refractivity contribution in [1.82, 2.24) is 30.5 Å². The molecule has 5 heterocycles. The smallest absolute Gasteiger partial charge is 0.355 e. The summed E-state index contributed by atoms with van der Waals surface area (Å²) >= 11 is 4.37. The minimum absolute atomic E-state index is 0.00838. The summed E-state index contributed by atoms with van der Waals surface area (Å²) in [7, 11) is 0. The van der Waals surface area contributed by atoms with Gasteiger partial charge in [0, 0.05) is 54.9 Å². The molecule has 1 fully saturated rings. The van der Waals surface area contributed by atoms with Gasteiger partial charge in [-0.1, -0.05) is 105 Å². The molecule has 1 saturated heterocycles. The number of aliphatic hydroxyl groups excluding tert-OH is 1. The number of carbonyl (C=O) groups is 5. The number of fused-ring (bicyclic) bond motifs is 2. The van der Waals surface area contributed by atoms with Gasteiger partial charge in [-0.05, 0) is 116 Å². The predicted molar refractivity (Wildman–Crippen MR) is 319 cm³/mol. The number of β-amino-alcohol motifs (C(OH)–C–C–N with tert-alkyl or cyclic N) is 1. The maximum absolute atomic E-state index is 14.1. The predicted octanol–water partition coefficient (Wildman–Crippen LogP) is 10.8. The number of aromatic carboxylic acids is 1. The van der Waals surface area contributed by atoms with Crippen LogP contribution in [-0.2, 0) is 33.8 Å². The number of likely N-dealkylation sites (tertiary alicyclic amines) is 1. The van der Waals surface area contributed by atoms with E-state index >= 15 is 0 Å². The number of aliphatic hydroxyl groups is 1. The molecule has 3 aromatic heterocycles. The number of nitrogens with one attached hydrogen (secondary N) is 3. The van der Waals surface area contributed by atoms with Crippen molar-refractivity contribution < 1.29 is 38.9 Å². The number of aromatic nitrogens is 3. The van der Waals surface area contributed by atoms with Crippen molar-refractivity contribution in [2.75, 3.05) is 29.9 Å². The lowest BCUT2D eigenvalue weighted by Gasteiger charge is -2.35. The Bertz CT molecular complexity index is 3410. The minimum Gasteiger partial charge on any atom is -0.494 e. The summed E-state index contributed by atoms with van der Waals surface area (Å²) in [6.07, 6.45) is 5.22. The maximum atomic E-state index is 14.1. The highest BCUT2D eigenvalue weighted by atomic mass is 32.1. The molecule has 9 rings (SSSR count). The zero-order chi connectivity index (χ0) is 57.2. The minimum atomic E-state index is -1.08. The van der Waals surface area contributed by atoms with Crippen molar-refractivity contribution in [2.45, 2.75) is 130 Å². The summed E-state index contributed by atoms with van der Waals surface area (Å²) in [6.45, 7) is 11.0. The number of hydrogen-bond donors (Lipinski definition) is 5. The first kappa shape index (κ1) is 58.2. The van der Waals surface area contributed by atoms with Gasteiger partial charge in [0.1, 0.15) is 17.8 Å². The lowest BCUT2D eigenvalue weighted by molar-refractivity contribution is -0.144. The van der Waals surface area contributed by atoms with Crippen molar-refractivity contribution >= 4 is 84.1 Å². The van der Waals surface area contributed by atoms with E-state index in [4.69, 9.17) is 4.74 Å². The molecule has 4 aromatic carbocycles. The second-order valence-corrected chi connectivity index (χ2v) is 24.7. The van der Waals surface area contributed by atoms with Crippen LogP contribution in [0.15, 0.2) is 96.5 Å². The Labute approximate surface area is 484 Å². The number of ether oxygens (including phenoxy) is 1. The average Bonchev–Trinajstić information content (AvgIpc) is 4.51. The van der Waals surface area contributed by atoms with E-state index in [-0.39, 0.29) is 54.8 Å². The first-order valence-electron chi connectivity index (χ1n) is 27.5. The van der Waals surface area contributed by atoms with E-state index in [9.17, 15) is 34.2 Å². The van der Waals surface area contributed by atoms with Crippen molar-refractivity contribution in [3.63, 3.8) is 0 Å². The third-order valence-corrected chi connectivity index (χ3v) is 17.7. The molecule has 0 saturated carbocycles. The Balaban J connectivity index is 0.673. The number of para-hydroxylation sites is 1. The molecule has 4 amide bonds. The van der Waals surface area contributed by atoms with Crippen LogP contribution in [0.1, 0.15) is 139 Å². The van der Waals surface area contributed by atoms with Crippen LogP contribution in [0.3, 0.4) is 0 Å². The first-order valence-corrected chi connectivity index (χ1v) is 30.1. The number of benzene rings is 4. The Kier molecular flexibility index (Phi) is 19.0. The number of aryl methyl sites for hydroxylation is 2. The number of amides is 4. The number of thiazole rings is 3. The van der Waals surface area contributed by atoms with Gasteiger partial charge in [0.05, 0.1) is 45.1 Å². The molecule has 0 unspecified atom stereocenters. The van der Waals surface area contributed by atoms with Crippen molar-refractivity contribution in [3.8, 4) is 28.0 Å². The van der Waals surface area contributed by atoms with E-state index < -0.39 is 29.6 Å². The van der Waals surface area contributed by atoms with Crippen LogP contribution in [-0.4, -0.2) is 97.5 Å². The van der Waals surface area contributed by atoms with Gasteiger partial charge in [0.2, 0.25) is 17.7 Å². The van der Waals surface area contributed by atoms with Crippen LogP contribution in [0.2, 0.25) is 0 Å². The highest BCUT2D eigenvalue weighted by Crippen LogP contribution is 2.35. The number of carboxylic acids is 1. The summed E-state index contributed by atoms with van der Waals surface area (Å²) in [5.41, 5.74) is 8.36. The molecule has 2 aliphatic rings. The molecule has 0 aliphatic carbocycles. The van der Waals surface area contributed by atoms with Crippen LogP contribution in [0, 0.1) is 24.2 Å². The van der Waals surface area contributed by atoms with Gasteiger partial charge < -0.3 is 35.4 Å². The number of rotatable bonds is 21. The van der Waals surface area contributed by atoms with Crippen molar-refractivity contribution in [2.24, 2.45) is 5.41 Å². The normalized spacial score (nSPS) is 15.8. The van der Waals surface area contributed by atoms with E-state index in [0.29, 0.717) is 78.3 Å². The lowest BCUT2D eigenvalue weighted by Crippen LogP contribution is -2.57. The Morgan fingerprint density at radius 2 is 1.67 bits per heavy atom. The molecule has 0 spiro atoms. The van der Waals surface area contributed by atoms with Crippen molar-refractivity contribution in [3.05, 3.63) is 141 Å². The van der Waals surface area contributed by atoms with E-state index in [1.165, 1.54) is 27.6 Å². The lowest BCUT2D eigenvalue weighted by atomic mass is 9.85. The standard InChI is InChI=1S/C62H68N8O8S3/c1-38(41-25-27-43(28-26-41)54-39(2)63-37-79-54)64-57(74)49-34-44(71)35-70(49)58(75)55(62(3,4)5)66-52(72)22-11-9-7-6-8-10-16-40-23-29-45(30-24-40)78-33-15-21-51-53(59(76)77)67-61(81-51)69-32-31-42-17-14-18-46(47(42)36-69)56(73)68-60-65-48-19-12-13-20-50(48)80-60/h12-14,17-20,23-30,37-38,44,49,55,71H,6-9,11,15,21-22,31-36H2,1-5H3,(H,64,74)(H,66,72)(H,76,77)(H,65,68,73)/t38-,44+,49-,55+/m0/s1. The van der Waals surface area contributed by atoms with Crippen LogP contribution in [0.5, 0.6) is 5.75 Å². The number of unbranched alkanes of at least 4 members (excludes halogenated alkanes) is 4. The highest BCUT2D eigenvalue weighted by molar-refractivity contribution is 7.22. The average molecular weight is 1150 g/mol. The highest BCUT2D eigenvalue weighted by Gasteiger charge is 2.45. The zero-order valence-electron chi connectivity index (χ0n) is 46.3.